The number of pyridine rings is 1. The first kappa shape index (κ1) is 23.7. The monoisotopic (exact) mass is 485 g/mol. The van der Waals surface area contributed by atoms with Gasteiger partial charge in [0.25, 0.3) is 5.56 Å². The molecule has 0 amide bonds. The van der Waals surface area contributed by atoms with Crippen molar-refractivity contribution in [3.8, 4) is 11.4 Å². The zero-order chi connectivity index (χ0) is 22.6. The van der Waals surface area contributed by atoms with Crippen LogP contribution in [-0.2, 0) is 6.61 Å². The van der Waals surface area contributed by atoms with Crippen LogP contribution in [0.3, 0.4) is 0 Å². The highest BCUT2D eigenvalue weighted by Crippen LogP contribution is 2.31. The van der Waals surface area contributed by atoms with E-state index in [0.29, 0.717) is 5.56 Å². The molecule has 8 heteroatoms. The van der Waals surface area contributed by atoms with Crippen LogP contribution in [0.4, 0.5) is 17.6 Å². The Labute approximate surface area is 180 Å². The molecule has 1 aromatic heterocycles. The highest BCUT2D eigenvalue weighted by molar-refractivity contribution is 9.10. The van der Waals surface area contributed by atoms with Crippen molar-refractivity contribution in [2.24, 2.45) is 0 Å². The molecule has 3 nitrogen and oxygen atoms in total. The van der Waals surface area contributed by atoms with Crippen molar-refractivity contribution in [1.29, 1.82) is 0 Å². The molecule has 1 heterocycles. The average Bonchev–Trinajstić information content (AvgIpc) is 2.71. The molecular formula is C22H20BrF4NO2. The molecule has 160 valence electrons. The van der Waals surface area contributed by atoms with Crippen molar-refractivity contribution in [3.05, 3.63) is 91.3 Å². The number of para-hydroxylation sites is 1. The summed E-state index contributed by atoms with van der Waals surface area (Å²) >= 11 is 3.11. The van der Waals surface area contributed by atoms with Crippen LogP contribution in [0.5, 0.6) is 5.75 Å². The minimum atomic E-state index is -0.890. The fourth-order valence-electron chi connectivity index (χ4n) is 2.78. The van der Waals surface area contributed by atoms with Crippen LogP contribution in [0, 0.1) is 37.1 Å². The maximum absolute atomic E-state index is 14.2. The Morgan fingerprint density at radius 3 is 2.13 bits per heavy atom. The molecule has 0 atom stereocenters. The van der Waals surface area contributed by atoms with E-state index in [4.69, 9.17) is 4.74 Å². The van der Waals surface area contributed by atoms with Gasteiger partial charge in [-0.15, -0.1) is 0 Å². The molecule has 0 unspecified atom stereocenters. The second-order valence-electron chi connectivity index (χ2n) is 6.09. The van der Waals surface area contributed by atoms with Crippen LogP contribution in [-0.4, -0.2) is 4.57 Å². The predicted octanol–water partition coefficient (Wildman–Crippen LogP) is 6.38. The summed E-state index contributed by atoms with van der Waals surface area (Å²) in [7, 11) is 0. The van der Waals surface area contributed by atoms with Gasteiger partial charge in [-0.05, 0) is 54.0 Å². The summed E-state index contributed by atoms with van der Waals surface area (Å²) in [6.45, 7) is 6.86. The van der Waals surface area contributed by atoms with E-state index in [0.717, 1.165) is 28.8 Å². The Balaban J connectivity index is 0.00000155. The van der Waals surface area contributed by atoms with Gasteiger partial charge in [-0.3, -0.25) is 9.36 Å². The molecule has 0 radical (unpaired) electrons. The molecule has 0 aliphatic rings. The van der Waals surface area contributed by atoms with Gasteiger partial charge in [0, 0.05) is 22.9 Å². The van der Waals surface area contributed by atoms with E-state index in [1.165, 1.54) is 19.1 Å². The summed E-state index contributed by atoms with van der Waals surface area (Å²) < 4.78 is 61.6. The highest BCUT2D eigenvalue weighted by Gasteiger charge is 2.22. The largest absolute Gasteiger partial charge is 0.487 e. The molecule has 0 bridgehead atoms. The summed E-state index contributed by atoms with van der Waals surface area (Å²) in [6, 6.07) is 6.35. The molecule has 30 heavy (non-hydrogen) atoms. The number of rotatable bonds is 4. The van der Waals surface area contributed by atoms with Gasteiger partial charge in [0.1, 0.15) is 45.8 Å². The smallest absolute Gasteiger partial charge is 0.273 e. The van der Waals surface area contributed by atoms with Gasteiger partial charge in [0.2, 0.25) is 0 Å². The van der Waals surface area contributed by atoms with Gasteiger partial charge >= 0.3 is 0 Å². The second kappa shape index (κ2) is 9.93. The van der Waals surface area contributed by atoms with Crippen LogP contribution >= 0.6 is 15.9 Å². The van der Waals surface area contributed by atoms with Crippen LogP contribution in [0.1, 0.15) is 30.7 Å². The topological polar surface area (TPSA) is 31.2 Å². The zero-order valence-corrected chi connectivity index (χ0v) is 18.4. The number of ether oxygens (including phenoxy) is 1. The first-order chi connectivity index (χ1) is 14.2. The molecule has 0 saturated carbocycles. The third-order valence-corrected chi connectivity index (χ3v) is 5.06. The third-order valence-electron chi connectivity index (χ3n) is 4.36. The van der Waals surface area contributed by atoms with E-state index in [2.05, 4.69) is 15.9 Å². The molecule has 0 N–H and O–H groups in total. The van der Waals surface area contributed by atoms with Gasteiger partial charge in [0.15, 0.2) is 0 Å². The summed E-state index contributed by atoms with van der Waals surface area (Å²) in [4.78, 5) is 12.8. The molecule has 2 aromatic carbocycles. The average molecular weight is 486 g/mol. The van der Waals surface area contributed by atoms with E-state index in [1.54, 1.807) is 6.92 Å². The lowest BCUT2D eigenvalue weighted by molar-refractivity contribution is 0.294. The minimum absolute atomic E-state index is 0.0687. The quantitative estimate of drug-likeness (QED) is 0.401. The van der Waals surface area contributed by atoms with E-state index >= 15 is 0 Å². The molecular weight excluding hydrogens is 466 g/mol. The third kappa shape index (κ3) is 4.59. The molecule has 0 spiro atoms. The first-order valence-electron chi connectivity index (χ1n) is 9.15. The van der Waals surface area contributed by atoms with Crippen molar-refractivity contribution >= 4 is 15.9 Å². The lowest BCUT2D eigenvalue weighted by atomic mass is 10.1. The second-order valence-corrected chi connectivity index (χ2v) is 6.88. The molecule has 3 aromatic rings. The van der Waals surface area contributed by atoms with Gasteiger partial charge in [-0.25, -0.2) is 17.6 Å². The minimum Gasteiger partial charge on any atom is -0.487 e. The number of benzene rings is 2. The van der Waals surface area contributed by atoms with Crippen molar-refractivity contribution in [2.45, 2.75) is 34.3 Å². The maximum Gasteiger partial charge on any atom is 0.273 e. The van der Waals surface area contributed by atoms with Crippen molar-refractivity contribution in [3.63, 3.8) is 0 Å². The Bertz CT molecular complexity index is 1110. The standard InChI is InChI=1S/C20H14BrF4NO2.C2H6/c1-10-11(2)26(18-14(23)4-3-5-15(18)24)20(27)17(21)19(10)28-9-12-6-7-13(22)8-16(12)25;1-2/h3-8H,9H2,1-2H3;1-2H3. The lowest BCUT2D eigenvalue weighted by Crippen LogP contribution is -2.25. The highest BCUT2D eigenvalue weighted by atomic mass is 79.9. The summed E-state index contributed by atoms with van der Waals surface area (Å²) in [5.41, 5.74) is -0.454. The lowest BCUT2D eigenvalue weighted by Gasteiger charge is -2.19. The Morgan fingerprint density at radius 2 is 1.57 bits per heavy atom. The number of halogens is 5. The van der Waals surface area contributed by atoms with Gasteiger partial charge < -0.3 is 4.74 Å². The van der Waals surface area contributed by atoms with E-state index < -0.39 is 34.5 Å². The van der Waals surface area contributed by atoms with Crippen LogP contribution in [0.2, 0.25) is 0 Å². The van der Waals surface area contributed by atoms with Crippen LogP contribution in [0.15, 0.2) is 45.7 Å². The van der Waals surface area contributed by atoms with Crippen molar-refractivity contribution in [1.82, 2.24) is 4.57 Å². The number of hydrogen-bond donors (Lipinski definition) is 0. The Hall–Kier alpha value is -2.61. The fraction of sp³-hybridized carbons (Fsp3) is 0.227. The van der Waals surface area contributed by atoms with E-state index in [9.17, 15) is 22.4 Å². The molecule has 0 aliphatic heterocycles. The summed E-state index contributed by atoms with van der Waals surface area (Å²) in [5.74, 6) is -3.17. The summed E-state index contributed by atoms with van der Waals surface area (Å²) in [5, 5.41) is 0. The fourth-order valence-corrected chi connectivity index (χ4v) is 3.37. The molecule has 0 aliphatic carbocycles. The Morgan fingerprint density at radius 1 is 0.967 bits per heavy atom. The van der Waals surface area contributed by atoms with Crippen LogP contribution < -0.4 is 10.3 Å². The molecule has 0 fully saturated rings. The van der Waals surface area contributed by atoms with E-state index in [-0.39, 0.29) is 28.1 Å². The van der Waals surface area contributed by atoms with Gasteiger partial charge in [-0.1, -0.05) is 19.9 Å². The SMILES string of the molecule is CC.Cc1c(OCc2ccc(F)cc2F)c(Br)c(=O)n(-c2c(F)cccc2F)c1C. The maximum atomic E-state index is 14.2. The number of aromatic nitrogens is 1. The summed E-state index contributed by atoms with van der Waals surface area (Å²) in [6.07, 6.45) is 0. The normalized spacial score (nSPS) is 10.4. The van der Waals surface area contributed by atoms with Gasteiger partial charge in [0.05, 0.1) is 0 Å². The zero-order valence-electron chi connectivity index (χ0n) is 16.8. The number of hydrogen-bond acceptors (Lipinski definition) is 2. The number of nitrogens with zero attached hydrogens (tertiary/aromatic N) is 1. The Kier molecular flexibility index (Phi) is 7.83. The van der Waals surface area contributed by atoms with Crippen molar-refractivity contribution < 1.29 is 22.3 Å². The van der Waals surface area contributed by atoms with Gasteiger partial charge in [-0.2, -0.15) is 0 Å². The van der Waals surface area contributed by atoms with Crippen LogP contribution in [0.25, 0.3) is 5.69 Å². The van der Waals surface area contributed by atoms with Crippen molar-refractivity contribution in [2.75, 3.05) is 0 Å². The van der Waals surface area contributed by atoms with E-state index in [1.807, 2.05) is 13.8 Å². The molecule has 0 saturated heterocycles. The molecule has 3 rings (SSSR count). The predicted molar refractivity (Wildman–Crippen MR) is 111 cm³/mol. The first-order valence-corrected chi connectivity index (χ1v) is 9.94.